The number of amides is 2. The minimum absolute atomic E-state index is 0.208. The second-order valence-electron chi connectivity index (χ2n) is 9.78. The number of rotatable bonds is 2. The summed E-state index contributed by atoms with van der Waals surface area (Å²) in [5, 5.41) is 12.2. The van der Waals surface area contributed by atoms with Gasteiger partial charge in [-0.15, -0.1) is 0 Å². The van der Waals surface area contributed by atoms with Crippen LogP contribution in [0.25, 0.3) is 0 Å². The fourth-order valence-electron chi connectivity index (χ4n) is 3.04. The van der Waals surface area contributed by atoms with E-state index < -0.39 is 11.2 Å². The first kappa shape index (κ1) is 24.5. The minimum Gasteiger partial charge on any atom is -0.444 e. The zero-order valence-electron chi connectivity index (χ0n) is 18.8. The summed E-state index contributed by atoms with van der Waals surface area (Å²) in [5.41, 5.74) is -0.830. The Morgan fingerprint density at radius 2 is 1.07 bits per heavy atom. The van der Waals surface area contributed by atoms with Crippen LogP contribution in [-0.2, 0) is 9.47 Å². The third-order valence-electron chi connectivity index (χ3n) is 4.14. The minimum atomic E-state index is -0.415. The van der Waals surface area contributed by atoms with E-state index in [1.165, 1.54) is 0 Å². The Bertz CT molecular complexity index is 467. The number of carbonyl (C=O) groups is 2. The fourth-order valence-corrected chi connectivity index (χ4v) is 3.04. The average Bonchev–Trinajstić information content (AvgIpc) is 3.04. The smallest absolute Gasteiger partial charge is 0.407 e. The van der Waals surface area contributed by atoms with Crippen molar-refractivity contribution in [2.24, 2.45) is 0 Å². The number of hydrogen-bond donors (Lipinski definition) is 4. The summed E-state index contributed by atoms with van der Waals surface area (Å²) in [6.45, 7) is 17.1. The Kier molecular flexibility index (Phi) is 9.01. The highest BCUT2D eigenvalue weighted by molar-refractivity contribution is 5.68. The Labute approximate surface area is 169 Å². The quantitative estimate of drug-likeness (QED) is 0.568. The highest BCUT2D eigenvalue weighted by Gasteiger charge is 2.25. The van der Waals surface area contributed by atoms with Crippen molar-refractivity contribution in [3.05, 3.63) is 0 Å². The standard InChI is InChI=1S/2C10H20N2O2/c2*1-7-5-8(6-11-7)12-9(13)14-10(2,3)4/h2*7-8,11H,5-6H2,1-4H3,(H,12,13)/t2*7-,8+/m10/s1. The van der Waals surface area contributed by atoms with Gasteiger partial charge in [0.05, 0.1) is 0 Å². The molecule has 164 valence electrons. The molecule has 0 aromatic rings. The molecule has 2 aliphatic rings. The molecule has 0 aromatic carbocycles. The summed E-state index contributed by atoms with van der Waals surface area (Å²) in [5.74, 6) is 0. The largest absolute Gasteiger partial charge is 0.444 e. The van der Waals surface area contributed by atoms with Crippen LogP contribution in [0.2, 0.25) is 0 Å². The zero-order chi connectivity index (χ0) is 21.5. The molecule has 2 fully saturated rings. The Morgan fingerprint density at radius 3 is 1.29 bits per heavy atom. The molecule has 0 aliphatic carbocycles. The van der Waals surface area contributed by atoms with E-state index in [-0.39, 0.29) is 24.3 Å². The lowest BCUT2D eigenvalue weighted by atomic mass is 10.2. The highest BCUT2D eigenvalue weighted by atomic mass is 16.6. The van der Waals surface area contributed by atoms with E-state index in [0.717, 1.165) is 25.9 Å². The first-order chi connectivity index (χ1) is 12.7. The predicted octanol–water partition coefficient (Wildman–Crippen LogP) is 2.52. The Balaban J connectivity index is 0.000000280. The normalized spacial score (nSPS) is 27.4. The number of carbonyl (C=O) groups excluding carboxylic acids is 2. The number of alkyl carbamates (subject to hydrolysis) is 2. The molecule has 0 unspecified atom stereocenters. The molecule has 4 atom stereocenters. The summed E-state index contributed by atoms with van der Waals surface area (Å²) in [6, 6.07) is 1.38. The van der Waals surface area contributed by atoms with E-state index >= 15 is 0 Å². The van der Waals surface area contributed by atoms with Crippen molar-refractivity contribution < 1.29 is 19.1 Å². The van der Waals surface area contributed by atoms with E-state index in [1.54, 1.807) is 0 Å². The van der Waals surface area contributed by atoms with Crippen LogP contribution in [0.1, 0.15) is 68.2 Å². The molecule has 28 heavy (non-hydrogen) atoms. The van der Waals surface area contributed by atoms with Crippen LogP contribution in [0, 0.1) is 0 Å². The second kappa shape index (κ2) is 10.3. The van der Waals surface area contributed by atoms with Crippen molar-refractivity contribution in [2.75, 3.05) is 13.1 Å². The van der Waals surface area contributed by atoms with E-state index in [2.05, 4.69) is 35.1 Å². The van der Waals surface area contributed by atoms with E-state index in [9.17, 15) is 9.59 Å². The van der Waals surface area contributed by atoms with Gasteiger partial charge in [-0.3, -0.25) is 0 Å². The van der Waals surface area contributed by atoms with E-state index in [0.29, 0.717) is 12.1 Å². The molecule has 2 heterocycles. The predicted molar refractivity (Wildman–Crippen MR) is 110 cm³/mol. The van der Waals surface area contributed by atoms with Gasteiger partial charge in [0.1, 0.15) is 11.2 Å². The van der Waals surface area contributed by atoms with Gasteiger partial charge < -0.3 is 30.7 Å². The fraction of sp³-hybridized carbons (Fsp3) is 0.900. The third kappa shape index (κ3) is 11.3. The van der Waals surface area contributed by atoms with Crippen molar-refractivity contribution >= 4 is 12.2 Å². The molecule has 8 nitrogen and oxygen atoms in total. The Hall–Kier alpha value is -1.54. The summed E-state index contributed by atoms with van der Waals surface area (Å²) in [7, 11) is 0. The lowest BCUT2D eigenvalue weighted by molar-refractivity contribution is 0.0496. The van der Waals surface area contributed by atoms with Gasteiger partial charge in [0.15, 0.2) is 0 Å². The van der Waals surface area contributed by atoms with Gasteiger partial charge in [-0.25, -0.2) is 9.59 Å². The summed E-state index contributed by atoms with van der Waals surface area (Å²) in [6.07, 6.45) is 1.30. The number of hydrogen-bond acceptors (Lipinski definition) is 6. The second-order valence-corrected chi connectivity index (χ2v) is 9.78. The van der Waals surface area contributed by atoms with Gasteiger partial charge in [-0.05, 0) is 68.2 Å². The molecule has 0 saturated carbocycles. The molecule has 2 amide bonds. The summed E-state index contributed by atoms with van der Waals surface area (Å²) >= 11 is 0. The van der Waals surface area contributed by atoms with Crippen LogP contribution in [0.15, 0.2) is 0 Å². The highest BCUT2D eigenvalue weighted by Crippen LogP contribution is 2.10. The van der Waals surface area contributed by atoms with Crippen LogP contribution in [0.5, 0.6) is 0 Å². The maximum atomic E-state index is 11.4. The maximum absolute atomic E-state index is 11.4. The van der Waals surface area contributed by atoms with Gasteiger partial charge in [0.2, 0.25) is 0 Å². The first-order valence-electron chi connectivity index (χ1n) is 10.2. The molecule has 0 aromatic heterocycles. The topological polar surface area (TPSA) is 101 Å². The SMILES string of the molecule is C[C@@H]1C[C@H](NC(=O)OC(C)(C)C)CN1.C[C@H]1C[C@@H](NC(=O)OC(C)(C)C)CN1. The van der Waals surface area contributed by atoms with Gasteiger partial charge in [0, 0.05) is 37.3 Å². The van der Waals surface area contributed by atoms with Gasteiger partial charge >= 0.3 is 12.2 Å². The lowest BCUT2D eigenvalue weighted by Crippen LogP contribution is -2.40. The molecule has 0 radical (unpaired) electrons. The summed E-state index contributed by atoms with van der Waals surface area (Å²) in [4.78, 5) is 22.7. The Morgan fingerprint density at radius 1 is 0.750 bits per heavy atom. The zero-order valence-corrected chi connectivity index (χ0v) is 18.8. The number of nitrogens with one attached hydrogen (secondary N) is 4. The molecular weight excluding hydrogens is 360 g/mol. The summed E-state index contributed by atoms with van der Waals surface area (Å²) < 4.78 is 10.3. The van der Waals surface area contributed by atoms with E-state index in [1.807, 2.05) is 41.5 Å². The first-order valence-corrected chi connectivity index (χ1v) is 10.2. The van der Waals surface area contributed by atoms with Gasteiger partial charge in [-0.1, -0.05) is 0 Å². The van der Waals surface area contributed by atoms with Gasteiger partial charge in [-0.2, -0.15) is 0 Å². The van der Waals surface area contributed by atoms with Crippen LogP contribution >= 0.6 is 0 Å². The number of ether oxygens (including phenoxy) is 2. The van der Waals surface area contributed by atoms with Crippen molar-refractivity contribution in [2.45, 2.75) is 104 Å². The maximum Gasteiger partial charge on any atom is 0.407 e. The molecule has 0 spiro atoms. The van der Waals surface area contributed by atoms with Crippen LogP contribution < -0.4 is 21.3 Å². The van der Waals surface area contributed by atoms with Crippen molar-refractivity contribution in [1.82, 2.24) is 21.3 Å². The van der Waals surface area contributed by atoms with Crippen molar-refractivity contribution in [3.8, 4) is 0 Å². The molecular formula is C20H40N4O4. The molecule has 0 bridgehead atoms. The third-order valence-corrected chi connectivity index (χ3v) is 4.14. The molecule has 4 N–H and O–H groups in total. The van der Waals surface area contributed by atoms with Crippen LogP contribution in [0.3, 0.4) is 0 Å². The van der Waals surface area contributed by atoms with Crippen molar-refractivity contribution in [3.63, 3.8) is 0 Å². The van der Waals surface area contributed by atoms with Crippen LogP contribution in [-0.4, -0.2) is 60.6 Å². The monoisotopic (exact) mass is 400 g/mol. The average molecular weight is 401 g/mol. The van der Waals surface area contributed by atoms with E-state index in [4.69, 9.17) is 9.47 Å². The molecule has 8 heteroatoms. The van der Waals surface area contributed by atoms with Crippen molar-refractivity contribution in [1.29, 1.82) is 0 Å². The van der Waals surface area contributed by atoms with Gasteiger partial charge in [0.25, 0.3) is 0 Å². The molecule has 2 saturated heterocycles. The lowest BCUT2D eigenvalue weighted by Gasteiger charge is -2.21. The molecule has 2 rings (SSSR count). The molecule has 2 aliphatic heterocycles. The van der Waals surface area contributed by atoms with Crippen LogP contribution in [0.4, 0.5) is 9.59 Å².